The fourth-order valence-electron chi connectivity index (χ4n) is 2.69. The van der Waals surface area contributed by atoms with Crippen LogP contribution in [0.4, 0.5) is 0 Å². The van der Waals surface area contributed by atoms with Crippen molar-refractivity contribution in [3.8, 4) is 0 Å². The van der Waals surface area contributed by atoms with Crippen LogP contribution in [0.25, 0.3) is 0 Å². The fourth-order valence-corrected chi connectivity index (χ4v) is 3.25. The van der Waals surface area contributed by atoms with Gasteiger partial charge in [0.25, 0.3) is 0 Å². The summed E-state index contributed by atoms with van der Waals surface area (Å²) < 4.78 is 32.7. The second kappa shape index (κ2) is 7.95. The van der Waals surface area contributed by atoms with Crippen LogP contribution >= 0.6 is 0 Å². The van der Waals surface area contributed by atoms with Gasteiger partial charge in [-0.3, -0.25) is 4.79 Å². The Morgan fingerprint density at radius 1 is 1.14 bits per heavy atom. The molecule has 10 heteroatoms. The number of methoxy groups -OCH3 is 1. The molecule has 0 saturated carbocycles. The SMILES string of the molecule is COC(=O)c1c(C)[nH]c(C(=O)[C@@H](C)OC(=O)c2cccc(S(N)(=O)=O)c2)c1C. The minimum atomic E-state index is -3.99. The third-order valence-corrected chi connectivity index (χ3v) is 5.04. The molecule has 0 saturated heterocycles. The van der Waals surface area contributed by atoms with E-state index in [0.29, 0.717) is 11.3 Å². The molecule has 1 atom stereocenters. The molecule has 0 bridgehead atoms. The Kier molecular flexibility index (Phi) is 6.05. The summed E-state index contributed by atoms with van der Waals surface area (Å²) in [5, 5.41) is 5.04. The number of ketones is 1. The molecule has 150 valence electrons. The quantitative estimate of drug-likeness (QED) is 0.544. The molecule has 0 aliphatic rings. The zero-order valence-electron chi connectivity index (χ0n) is 15.7. The number of ether oxygens (including phenoxy) is 2. The molecule has 0 radical (unpaired) electrons. The molecule has 0 aliphatic heterocycles. The maximum Gasteiger partial charge on any atom is 0.339 e. The molecule has 28 heavy (non-hydrogen) atoms. The van der Waals surface area contributed by atoms with Gasteiger partial charge in [-0.25, -0.2) is 23.1 Å². The fraction of sp³-hybridized carbons (Fsp3) is 0.278. The van der Waals surface area contributed by atoms with E-state index in [1.165, 1.54) is 32.2 Å². The van der Waals surface area contributed by atoms with Gasteiger partial charge >= 0.3 is 11.9 Å². The van der Waals surface area contributed by atoms with E-state index in [-0.39, 0.29) is 21.7 Å². The van der Waals surface area contributed by atoms with Crippen LogP contribution in [0.2, 0.25) is 0 Å². The zero-order valence-corrected chi connectivity index (χ0v) is 16.5. The van der Waals surface area contributed by atoms with Gasteiger partial charge in [-0.2, -0.15) is 0 Å². The van der Waals surface area contributed by atoms with Crippen LogP contribution in [0, 0.1) is 13.8 Å². The minimum Gasteiger partial charge on any atom is -0.465 e. The molecule has 1 heterocycles. The number of sulfonamides is 1. The average molecular weight is 408 g/mol. The van der Waals surface area contributed by atoms with E-state index in [1.54, 1.807) is 13.8 Å². The number of primary sulfonamides is 1. The van der Waals surface area contributed by atoms with Crippen LogP contribution in [0.5, 0.6) is 0 Å². The predicted molar refractivity (Wildman–Crippen MR) is 98.6 cm³/mol. The molecular weight excluding hydrogens is 388 g/mol. The number of nitrogens with one attached hydrogen (secondary N) is 1. The van der Waals surface area contributed by atoms with E-state index < -0.39 is 33.8 Å². The molecule has 3 N–H and O–H groups in total. The summed E-state index contributed by atoms with van der Waals surface area (Å²) in [6, 6.07) is 4.98. The highest BCUT2D eigenvalue weighted by atomic mass is 32.2. The van der Waals surface area contributed by atoms with Gasteiger partial charge in [0.05, 0.1) is 28.8 Å². The zero-order chi connectivity index (χ0) is 21.2. The van der Waals surface area contributed by atoms with Gasteiger partial charge in [-0.05, 0) is 44.5 Å². The molecule has 0 unspecified atom stereocenters. The van der Waals surface area contributed by atoms with Crippen LogP contribution < -0.4 is 5.14 Å². The Balaban J connectivity index is 2.24. The number of esters is 2. The number of rotatable bonds is 6. The number of carbonyl (C=O) groups excluding carboxylic acids is 3. The number of hydrogen-bond acceptors (Lipinski definition) is 7. The highest BCUT2D eigenvalue weighted by molar-refractivity contribution is 7.89. The van der Waals surface area contributed by atoms with Crippen molar-refractivity contribution in [1.82, 2.24) is 4.98 Å². The molecule has 1 aromatic carbocycles. The monoisotopic (exact) mass is 408 g/mol. The summed E-state index contributed by atoms with van der Waals surface area (Å²) in [5.41, 5.74) is 1.13. The lowest BCUT2D eigenvalue weighted by Gasteiger charge is -2.12. The lowest BCUT2D eigenvalue weighted by atomic mass is 10.1. The molecule has 1 aromatic heterocycles. The van der Waals surface area contributed by atoms with Crippen LogP contribution in [0.1, 0.15) is 49.4 Å². The van der Waals surface area contributed by atoms with Crippen molar-refractivity contribution in [3.05, 3.63) is 52.3 Å². The summed E-state index contributed by atoms with van der Waals surface area (Å²) in [5.74, 6) is -2.03. The number of aromatic nitrogens is 1. The minimum absolute atomic E-state index is 0.0687. The van der Waals surface area contributed by atoms with E-state index >= 15 is 0 Å². The molecule has 2 aromatic rings. The molecule has 0 aliphatic carbocycles. The summed E-state index contributed by atoms with van der Waals surface area (Å²) in [6.45, 7) is 4.57. The van der Waals surface area contributed by atoms with Crippen molar-refractivity contribution in [1.29, 1.82) is 0 Å². The Morgan fingerprint density at radius 3 is 2.36 bits per heavy atom. The van der Waals surface area contributed by atoms with Gasteiger partial charge in [-0.1, -0.05) is 6.07 Å². The Hall–Kier alpha value is -2.98. The largest absolute Gasteiger partial charge is 0.465 e. The number of benzene rings is 1. The number of nitrogens with two attached hydrogens (primary N) is 1. The number of aryl methyl sites for hydroxylation is 1. The van der Waals surface area contributed by atoms with E-state index in [0.717, 1.165) is 6.07 Å². The van der Waals surface area contributed by atoms with Crippen molar-refractivity contribution in [2.24, 2.45) is 5.14 Å². The van der Waals surface area contributed by atoms with Gasteiger partial charge in [0.1, 0.15) is 0 Å². The Labute approximate surface area is 161 Å². The van der Waals surface area contributed by atoms with Crippen molar-refractivity contribution in [2.45, 2.75) is 31.8 Å². The van der Waals surface area contributed by atoms with Gasteiger partial charge in [0.15, 0.2) is 6.10 Å². The van der Waals surface area contributed by atoms with Crippen molar-refractivity contribution < 1.29 is 32.3 Å². The summed E-state index contributed by atoms with van der Waals surface area (Å²) >= 11 is 0. The lowest BCUT2D eigenvalue weighted by Crippen LogP contribution is -2.25. The first-order valence-corrected chi connectivity index (χ1v) is 9.67. The first-order valence-electron chi connectivity index (χ1n) is 8.13. The number of H-pyrrole nitrogens is 1. The maximum absolute atomic E-state index is 12.7. The summed E-state index contributed by atoms with van der Waals surface area (Å²) in [4.78, 5) is 39.3. The first kappa shape index (κ1) is 21.3. The van der Waals surface area contributed by atoms with Gasteiger partial charge in [-0.15, -0.1) is 0 Å². The molecule has 9 nitrogen and oxygen atoms in total. The molecule has 0 spiro atoms. The third-order valence-electron chi connectivity index (χ3n) is 4.12. The summed E-state index contributed by atoms with van der Waals surface area (Å²) in [6.07, 6.45) is -1.19. The number of aromatic amines is 1. The molecule has 2 rings (SSSR count). The van der Waals surface area contributed by atoms with Gasteiger partial charge in [0, 0.05) is 5.69 Å². The average Bonchev–Trinajstić information content (AvgIpc) is 2.94. The van der Waals surface area contributed by atoms with E-state index in [1.807, 2.05) is 0 Å². The number of hydrogen-bond donors (Lipinski definition) is 2. The highest BCUT2D eigenvalue weighted by Crippen LogP contribution is 2.21. The highest BCUT2D eigenvalue weighted by Gasteiger charge is 2.27. The Morgan fingerprint density at radius 2 is 1.79 bits per heavy atom. The maximum atomic E-state index is 12.7. The second-order valence-electron chi connectivity index (χ2n) is 6.10. The molecule has 0 fully saturated rings. The normalized spacial score (nSPS) is 12.3. The van der Waals surface area contributed by atoms with Crippen LogP contribution in [0.15, 0.2) is 29.2 Å². The van der Waals surface area contributed by atoms with Crippen LogP contribution in [-0.4, -0.2) is 44.3 Å². The van der Waals surface area contributed by atoms with Crippen LogP contribution in [0.3, 0.4) is 0 Å². The van der Waals surface area contributed by atoms with Crippen molar-refractivity contribution >= 4 is 27.7 Å². The number of carbonyl (C=O) groups is 3. The first-order chi connectivity index (χ1) is 13.0. The van der Waals surface area contributed by atoms with E-state index in [9.17, 15) is 22.8 Å². The molecular formula is C18H20N2O7S. The van der Waals surface area contributed by atoms with E-state index in [2.05, 4.69) is 4.98 Å². The van der Waals surface area contributed by atoms with Gasteiger partial charge < -0.3 is 14.5 Å². The van der Waals surface area contributed by atoms with Crippen LogP contribution in [-0.2, 0) is 19.5 Å². The van der Waals surface area contributed by atoms with Crippen molar-refractivity contribution in [3.63, 3.8) is 0 Å². The molecule has 0 amide bonds. The number of Topliss-reactive ketones (excluding diaryl/α,β-unsaturated/α-hetero) is 1. The van der Waals surface area contributed by atoms with Crippen molar-refractivity contribution in [2.75, 3.05) is 7.11 Å². The van der Waals surface area contributed by atoms with Gasteiger partial charge in [0.2, 0.25) is 15.8 Å². The third kappa shape index (κ3) is 4.29. The lowest BCUT2D eigenvalue weighted by molar-refractivity contribution is 0.0316. The smallest absolute Gasteiger partial charge is 0.339 e. The Bertz CT molecular complexity index is 1050. The topological polar surface area (TPSA) is 146 Å². The van der Waals surface area contributed by atoms with E-state index in [4.69, 9.17) is 14.6 Å². The summed E-state index contributed by atoms with van der Waals surface area (Å²) in [7, 11) is -2.76. The predicted octanol–water partition coefficient (Wildman–Crippen LogP) is 1.49. The second-order valence-corrected chi connectivity index (χ2v) is 7.66. The standard InChI is InChI=1S/C18H20N2O7S/c1-9-14(18(23)26-4)10(2)20-15(9)16(21)11(3)27-17(22)12-6-5-7-13(8-12)28(19,24)25/h5-8,11,20H,1-4H3,(H2,19,24,25)/t11-/m1/s1.